The first-order valence-electron chi connectivity index (χ1n) is 5.79. The number of alkyl halides is 3. The molecule has 0 spiro atoms. The Morgan fingerprint density at radius 2 is 2.12 bits per heavy atom. The van der Waals surface area contributed by atoms with Crippen molar-refractivity contribution in [1.82, 2.24) is 0 Å². The van der Waals surface area contributed by atoms with Crippen LogP contribution < -0.4 is 0 Å². The van der Waals surface area contributed by atoms with Crippen molar-refractivity contribution in [2.45, 2.75) is 49.5 Å². The van der Waals surface area contributed by atoms with Crippen LogP contribution >= 0.6 is 0 Å². The smallest absolute Gasteiger partial charge is 0.379 e. The van der Waals surface area contributed by atoms with Crippen molar-refractivity contribution in [3.63, 3.8) is 0 Å². The Labute approximate surface area is 96.9 Å². The predicted molar refractivity (Wildman–Crippen MR) is 61.4 cm³/mol. The van der Waals surface area contributed by atoms with Crippen molar-refractivity contribution in [2.24, 2.45) is 0 Å². The van der Waals surface area contributed by atoms with Crippen LogP contribution in [0.5, 0.6) is 0 Å². The Balaban J connectivity index is 2.41. The van der Waals surface area contributed by atoms with Gasteiger partial charge in [0.2, 0.25) is 0 Å². The molecule has 94 valence electrons. The third-order valence-electron chi connectivity index (χ3n) is 3.04. The Morgan fingerprint density at radius 1 is 1.38 bits per heavy atom. The van der Waals surface area contributed by atoms with E-state index >= 15 is 0 Å². The second-order valence-corrected chi connectivity index (χ2v) is 6.95. The van der Waals surface area contributed by atoms with Crippen LogP contribution in [-0.4, -0.2) is 27.5 Å². The fourth-order valence-electron chi connectivity index (χ4n) is 2.24. The zero-order valence-corrected chi connectivity index (χ0v) is 10.9. The molecule has 1 nitrogen and oxygen atoms in total. The third-order valence-corrected chi connectivity index (χ3v) is 5.51. The van der Waals surface area contributed by atoms with Crippen LogP contribution in [0.2, 0.25) is 6.04 Å². The molecular formula is C11H19F3OSi. The quantitative estimate of drug-likeness (QED) is 0.540. The minimum atomic E-state index is -4.02. The van der Waals surface area contributed by atoms with Gasteiger partial charge in [0, 0.05) is 13.0 Å². The van der Waals surface area contributed by atoms with Gasteiger partial charge in [-0.2, -0.15) is 13.2 Å². The van der Waals surface area contributed by atoms with Crippen molar-refractivity contribution in [3.8, 4) is 0 Å². The molecule has 0 N–H and O–H groups in total. The standard InChI is InChI=1S/C11H19F3OSi/c1-2-5-10(6-3-4-8-15-10)16-9-7-11(12,13)14/h2H,1,3-9,16H2. The lowest BCUT2D eigenvalue weighted by Gasteiger charge is -2.37. The summed E-state index contributed by atoms with van der Waals surface area (Å²) in [5.41, 5.74) is 0. The molecule has 1 unspecified atom stereocenters. The largest absolute Gasteiger partial charge is 0.388 e. The summed E-state index contributed by atoms with van der Waals surface area (Å²) in [6.45, 7) is 4.38. The number of ether oxygens (including phenoxy) is 1. The van der Waals surface area contributed by atoms with E-state index in [1.807, 2.05) is 0 Å². The van der Waals surface area contributed by atoms with E-state index in [9.17, 15) is 13.2 Å². The zero-order chi connectivity index (χ0) is 12.1. The van der Waals surface area contributed by atoms with Gasteiger partial charge in [0.1, 0.15) is 0 Å². The Morgan fingerprint density at radius 3 is 2.62 bits per heavy atom. The lowest BCUT2D eigenvalue weighted by Crippen LogP contribution is -2.42. The Bertz CT molecular complexity index is 222. The summed E-state index contributed by atoms with van der Waals surface area (Å²) in [7, 11) is -0.846. The minimum Gasteiger partial charge on any atom is -0.379 e. The lowest BCUT2D eigenvalue weighted by atomic mass is 10.1. The molecule has 0 saturated carbocycles. The summed E-state index contributed by atoms with van der Waals surface area (Å²) in [6.07, 6.45) is 0.865. The summed E-state index contributed by atoms with van der Waals surface area (Å²) >= 11 is 0. The molecular weight excluding hydrogens is 233 g/mol. The maximum absolute atomic E-state index is 12.1. The van der Waals surface area contributed by atoms with Gasteiger partial charge in [0.25, 0.3) is 0 Å². The average Bonchev–Trinajstić information content (AvgIpc) is 2.17. The lowest BCUT2D eigenvalue weighted by molar-refractivity contribution is -0.130. The second-order valence-electron chi connectivity index (χ2n) is 4.45. The molecule has 5 heteroatoms. The van der Waals surface area contributed by atoms with E-state index in [2.05, 4.69) is 6.58 Å². The monoisotopic (exact) mass is 252 g/mol. The normalized spacial score (nSPS) is 27.4. The van der Waals surface area contributed by atoms with Crippen LogP contribution in [-0.2, 0) is 4.74 Å². The van der Waals surface area contributed by atoms with Crippen molar-refractivity contribution < 1.29 is 17.9 Å². The Hall–Kier alpha value is -0.293. The van der Waals surface area contributed by atoms with Crippen molar-refractivity contribution >= 4 is 9.52 Å². The molecule has 0 aromatic heterocycles. The number of halogens is 3. The van der Waals surface area contributed by atoms with Crippen molar-refractivity contribution in [1.29, 1.82) is 0 Å². The zero-order valence-electron chi connectivity index (χ0n) is 9.48. The van der Waals surface area contributed by atoms with Crippen molar-refractivity contribution in [3.05, 3.63) is 12.7 Å². The maximum atomic E-state index is 12.1. The second kappa shape index (κ2) is 5.86. The van der Waals surface area contributed by atoms with Gasteiger partial charge in [-0.25, -0.2) is 0 Å². The van der Waals surface area contributed by atoms with E-state index in [1.165, 1.54) is 0 Å². The fourth-order valence-corrected chi connectivity index (χ4v) is 4.66. The highest BCUT2D eigenvalue weighted by atomic mass is 28.2. The average molecular weight is 252 g/mol. The van der Waals surface area contributed by atoms with Crippen molar-refractivity contribution in [2.75, 3.05) is 6.61 Å². The molecule has 1 aliphatic rings. The SMILES string of the molecule is C=CCC1([SiH2]CCC(F)(F)F)CCCCO1. The van der Waals surface area contributed by atoms with E-state index in [1.54, 1.807) is 6.08 Å². The predicted octanol–water partition coefficient (Wildman–Crippen LogP) is 3.00. The molecule has 0 aromatic carbocycles. The van der Waals surface area contributed by atoms with Crippen LogP contribution in [0.25, 0.3) is 0 Å². The summed E-state index contributed by atoms with van der Waals surface area (Å²) in [4.78, 5) is 0. The summed E-state index contributed by atoms with van der Waals surface area (Å²) in [5.74, 6) is 0. The van der Waals surface area contributed by atoms with E-state index in [4.69, 9.17) is 4.74 Å². The third kappa shape index (κ3) is 4.70. The van der Waals surface area contributed by atoms with Gasteiger partial charge >= 0.3 is 6.18 Å². The molecule has 0 bridgehead atoms. The van der Waals surface area contributed by atoms with E-state index in [0.29, 0.717) is 6.61 Å². The molecule has 0 aromatic rings. The highest BCUT2D eigenvalue weighted by Gasteiger charge is 2.34. The number of rotatable bonds is 5. The number of hydrogen-bond donors (Lipinski definition) is 0. The molecule has 1 aliphatic heterocycles. The van der Waals surface area contributed by atoms with Gasteiger partial charge in [0.15, 0.2) is 0 Å². The topological polar surface area (TPSA) is 9.23 Å². The van der Waals surface area contributed by atoms with E-state index in [-0.39, 0.29) is 11.3 Å². The van der Waals surface area contributed by atoms with Crippen LogP contribution in [0.15, 0.2) is 12.7 Å². The molecule has 1 heterocycles. The van der Waals surface area contributed by atoms with Gasteiger partial charge in [-0.15, -0.1) is 6.58 Å². The first-order valence-corrected chi connectivity index (χ1v) is 7.50. The summed E-state index contributed by atoms with van der Waals surface area (Å²) in [5, 5.41) is -0.231. The molecule has 1 atom stereocenters. The van der Waals surface area contributed by atoms with Gasteiger partial charge in [0.05, 0.1) is 14.7 Å². The van der Waals surface area contributed by atoms with Gasteiger partial charge in [-0.05, 0) is 25.7 Å². The highest BCUT2D eigenvalue weighted by Crippen LogP contribution is 2.30. The highest BCUT2D eigenvalue weighted by molar-refractivity contribution is 6.39. The fraction of sp³-hybridized carbons (Fsp3) is 0.818. The molecule has 0 amide bonds. The van der Waals surface area contributed by atoms with Crippen LogP contribution in [0.1, 0.15) is 32.1 Å². The molecule has 1 saturated heterocycles. The first-order chi connectivity index (χ1) is 7.47. The minimum absolute atomic E-state index is 0.231. The van der Waals surface area contributed by atoms with Gasteiger partial charge < -0.3 is 4.74 Å². The van der Waals surface area contributed by atoms with Crippen LogP contribution in [0, 0.1) is 0 Å². The molecule has 1 fully saturated rings. The molecule has 1 rings (SSSR count). The van der Waals surface area contributed by atoms with Crippen LogP contribution in [0.3, 0.4) is 0 Å². The molecule has 0 radical (unpaired) electrons. The summed E-state index contributed by atoms with van der Waals surface area (Å²) < 4.78 is 42.0. The van der Waals surface area contributed by atoms with Gasteiger partial charge in [-0.3, -0.25) is 0 Å². The number of hydrogen-bond acceptors (Lipinski definition) is 1. The van der Waals surface area contributed by atoms with E-state index in [0.717, 1.165) is 25.7 Å². The molecule has 16 heavy (non-hydrogen) atoms. The maximum Gasteiger partial charge on any atom is 0.388 e. The first kappa shape index (κ1) is 13.8. The van der Waals surface area contributed by atoms with Crippen LogP contribution in [0.4, 0.5) is 13.2 Å². The van der Waals surface area contributed by atoms with E-state index < -0.39 is 22.1 Å². The van der Waals surface area contributed by atoms with Gasteiger partial charge in [-0.1, -0.05) is 12.1 Å². The Kier molecular flexibility index (Phi) is 5.05. The summed E-state index contributed by atoms with van der Waals surface area (Å²) in [6, 6.07) is 0.289. The molecule has 0 aliphatic carbocycles.